The molecular formula is C15H21FN2O2. The summed E-state index contributed by atoms with van der Waals surface area (Å²) in [6.45, 7) is 4.44. The lowest BCUT2D eigenvalue weighted by Crippen LogP contribution is -2.38. The Kier molecular flexibility index (Phi) is 4.95. The fraction of sp³-hybridized carbons (Fsp3) is 0.533. The normalized spacial score (nSPS) is 21.8. The third kappa shape index (κ3) is 3.48. The van der Waals surface area contributed by atoms with Gasteiger partial charge in [0.05, 0.1) is 12.5 Å². The number of amides is 1. The van der Waals surface area contributed by atoms with Gasteiger partial charge in [-0.3, -0.25) is 4.79 Å². The monoisotopic (exact) mass is 280 g/mol. The molecule has 4 nitrogen and oxygen atoms in total. The smallest absolute Gasteiger partial charge is 0.227 e. The molecule has 0 aliphatic carbocycles. The van der Waals surface area contributed by atoms with Crippen LogP contribution in [0.15, 0.2) is 24.3 Å². The number of ether oxygens (including phenoxy) is 1. The Morgan fingerprint density at radius 3 is 2.85 bits per heavy atom. The SMILES string of the molecule is CC1CNCC1C(=O)N(C)CCOc1ccccc1F. The van der Waals surface area contributed by atoms with Gasteiger partial charge in [-0.1, -0.05) is 19.1 Å². The summed E-state index contributed by atoms with van der Waals surface area (Å²) in [5.41, 5.74) is 0. The molecule has 1 N–H and O–H groups in total. The van der Waals surface area contributed by atoms with Gasteiger partial charge in [0.2, 0.25) is 5.91 Å². The molecule has 1 fully saturated rings. The van der Waals surface area contributed by atoms with E-state index in [2.05, 4.69) is 12.2 Å². The first kappa shape index (κ1) is 14.8. The van der Waals surface area contributed by atoms with E-state index >= 15 is 0 Å². The molecule has 0 aromatic heterocycles. The molecule has 1 heterocycles. The highest BCUT2D eigenvalue weighted by molar-refractivity contribution is 5.79. The van der Waals surface area contributed by atoms with E-state index in [-0.39, 0.29) is 30.0 Å². The highest BCUT2D eigenvalue weighted by atomic mass is 19.1. The van der Waals surface area contributed by atoms with Gasteiger partial charge in [-0.2, -0.15) is 0 Å². The van der Waals surface area contributed by atoms with Crippen molar-refractivity contribution in [3.63, 3.8) is 0 Å². The molecule has 1 aliphatic heterocycles. The standard InChI is InChI=1S/C15H21FN2O2/c1-11-9-17-10-12(11)15(19)18(2)7-8-20-14-6-4-3-5-13(14)16/h3-6,11-12,17H,7-10H2,1-2H3. The van der Waals surface area contributed by atoms with E-state index in [0.717, 1.165) is 13.1 Å². The van der Waals surface area contributed by atoms with Crippen LogP contribution in [-0.4, -0.2) is 44.1 Å². The molecule has 0 saturated carbocycles. The zero-order valence-corrected chi connectivity index (χ0v) is 11.9. The first-order valence-corrected chi connectivity index (χ1v) is 6.92. The molecule has 1 saturated heterocycles. The van der Waals surface area contributed by atoms with Gasteiger partial charge >= 0.3 is 0 Å². The van der Waals surface area contributed by atoms with Gasteiger partial charge in [-0.05, 0) is 24.6 Å². The summed E-state index contributed by atoms with van der Waals surface area (Å²) in [6, 6.07) is 6.28. The zero-order valence-electron chi connectivity index (χ0n) is 11.9. The molecule has 2 atom stereocenters. The molecule has 20 heavy (non-hydrogen) atoms. The van der Waals surface area contributed by atoms with E-state index in [4.69, 9.17) is 4.74 Å². The first-order chi connectivity index (χ1) is 9.59. The Bertz CT molecular complexity index is 467. The van der Waals surface area contributed by atoms with Crippen LogP contribution in [0, 0.1) is 17.7 Å². The lowest BCUT2D eigenvalue weighted by atomic mass is 9.97. The Balaban J connectivity index is 1.79. The summed E-state index contributed by atoms with van der Waals surface area (Å²) in [6.07, 6.45) is 0. The zero-order chi connectivity index (χ0) is 14.5. The maximum absolute atomic E-state index is 13.4. The highest BCUT2D eigenvalue weighted by Crippen LogP contribution is 2.18. The predicted octanol–water partition coefficient (Wildman–Crippen LogP) is 1.52. The minimum atomic E-state index is -0.380. The van der Waals surface area contributed by atoms with Gasteiger partial charge in [0.1, 0.15) is 6.61 Å². The van der Waals surface area contributed by atoms with Gasteiger partial charge in [0.15, 0.2) is 11.6 Å². The van der Waals surface area contributed by atoms with Crippen molar-refractivity contribution in [2.45, 2.75) is 6.92 Å². The van der Waals surface area contributed by atoms with Crippen LogP contribution in [0.1, 0.15) is 6.92 Å². The quantitative estimate of drug-likeness (QED) is 0.889. The molecule has 110 valence electrons. The Morgan fingerprint density at radius 2 is 2.20 bits per heavy atom. The summed E-state index contributed by atoms with van der Waals surface area (Å²) in [5, 5.41) is 3.22. The van der Waals surface area contributed by atoms with E-state index in [1.54, 1.807) is 30.1 Å². The summed E-state index contributed by atoms with van der Waals surface area (Å²) < 4.78 is 18.7. The van der Waals surface area contributed by atoms with Crippen molar-refractivity contribution in [1.82, 2.24) is 10.2 Å². The van der Waals surface area contributed by atoms with Crippen LogP contribution in [0.4, 0.5) is 4.39 Å². The second kappa shape index (κ2) is 6.70. The molecule has 0 radical (unpaired) electrons. The summed E-state index contributed by atoms with van der Waals surface area (Å²) in [7, 11) is 1.76. The van der Waals surface area contributed by atoms with Crippen molar-refractivity contribution >= 4 is 5.91 Å². The van der Waals surface area contributed by atoms with Crippen molar-refractivity contribution in [1.29, 1.82) is 0 Å². The van der Waals surface area contributed by atoms with Crippen LogP contribution in [-0.2, 0) is 4.79 Å². The molecule has 5 heteroatoms. The number of halogens is 1. The second-order valence-corrected chi connectivity index (χ2v) is 5.28. The number of likely N-dealkylation sites (N-methyl/N-ethyl adjacent to an activating group) is 1. The molecule has 0 bridgehead atoms. The topological polar surface area (TPSA) is 41.6 Å². The number of benzene rings is 1. The average molecular weight is 280 g/mol. The van der Waals surface area contributed by atoms with Crippen LogP contribution in [0.2, 0.25) is 0 Å². The largest absolute Gasteiger partial charge is 0.489 e. The molecule has 1 aromatic rings. The van der Waals surface area contributed by atoms with Crippen LogP contribution in [0.25, 0.3) is 0 Å². The molecule has 2 unspecified atom stereocenters. The van der Waals surface area contributed by atoms with Crippen molar-refractivity contribution < 1.29 is 13.9 Å². The summed E-state index contributed by atoms with van der Waals surface area (Å²) in [4.78, 5) is 13.9. The third-order valence-electron chi connectivity index (χ3n) is 3.73. The Labute approximate surface area is 118 Å². The maximum atomic E-state index is 13.4. The molecule has 2 rings (SSSR count). The first-order valence-electron chi connectivity index (χ1n) is 6.92. The van der Waals surface area contributed by atoms with Crippen molar-refractivity contribution in [3.05, 3.63) is 30.1 Å². The van der Waals surface area contributed by atoms with Gasteiger partial charge in [-0.15, -0.1) is 0 Å². The summed E-state index contributed by atoms with van der Waals surface area (Å²) >= 11 is 0. The fourth-order valence-corrected chi connectivity index (χ4v) is 2.39. The summed E-state index contributed by atoms with van der Waals surface area (Å²) in [5.74, 6) is 0.366. The van der Waals surface area contributed by atoms with Gasteiger partial charge in [-0.25, -0.2) is 4.39 Å². The van der Waals surface area contributed by atoms with Crippen LogP contribution in [0.5, 0.6) is 5.75 Å². The molecular weight excluding hydrogens is 259 g/mol. The van der Waals surface area contributed by atoms with Crippen LogP contribution < -0.4 is 10.1 Å². The van der Waals surface area contributed by atoms with E-state index in [1.807, 2.05) is 0 Å². The molecule has 1 aromatic carbocycles. The number of carbonyl (C=O) groups excluding carboxylic acids is 1. The van der Waals surface area contributed by atoms with Gasteiger partial charge in [0, 0.05) is 13.6 Å². The Morgan fingerprint density at radius 1 is 1.45 bits per heavy atom. The molecule has 1 aliphatic rings. The van der Waals surface area contributed by atoms with E-state index < -0.39 is 0 Å². The van der Waals surface area contributed by atoms with Crippen molar-refractivity contribution in [2.75, 3.05) is 33.3 Å². The number of carbonyl (C=O) groups is 1. The minimum Gasteiger partial charge on any atom is -0.489 e. The van der Waals surface area contributed by atoms with Crippen molar-refractivity contribution in [2.24, 2.45) is 11.8 Å². The van der Waals surface area contributed by atoms with E-state index in [0.29, 0.717) is 12.5 Å². The lowest BCUT2D eigenvalue weighted by Gasteiger charge is -2.23. The number of nitrogens with zero attached hydrogens (tertiary/aromatic N) is 1. The second-order valence-electron chi connectivity index (χ2n) is 5.28. The lowest BCUT2D eigenvalue weighted by molar-refractivity contribution is -0.134. The molecule has 0 spiro atoms. The van der Waals surface area contributed by atoms with Gasteiger partial charge in [0.25, 0.3) is 0 Å². The van der Waals surface area contributed by atoms with Crippen molar-refractivity contribution in [3.8, 4) is 5.75 Å². The number of hydrogen-bond acceptors (Lipinski definition) is 3. The highest BCUT2D eigenvalue weighted by Gasteiger charge is 2.31. The van der Waals surface area contributed by atoms with E-state index in [9.17, 15) is 9.18 Å². The molecule has 1 amide bonds. The van der Waals surface area contributed by atoms with Crippen LogP contribution in [0.3, 0.4) is 0 Å². The van der Waals surface area contributed by atoms with Crippen LogP contribution >= 0.6 is 0 Å². The number of rotatable bonds is 5. The van der Waals surface area contributed by atoms with E-state index in [1.165, 1.54) is 6.07 Å². The maximum Gasteiger partial charge on any atom is 0.227 e. The minimum absolute atomic E-state index is 0.0356. The number of hydrogen-bond donors (Lipinski definition) is 1. The third-order valence-corrected chi connectivity index (χ3v) is 3.73. The number of nitrogens with one attached hydrogen (secondary N) is 1. The Hall–Kier alpha value is -1.62. The fourth-order valence-electron chi connectivity index (χ4n) is 2.39. The number of para-hydroxylation sites is 1. The average Bonchev–Trinajstić information content (AvgIpc) is 2.86. The van der Waals surface area contributed by atoms with Gasteiger partial charge < -0.3 is 15.0 Å². The predicted molar refractivity (Wildman–Crippen MR) is 75.1 cm³/mol.